The van der Waals surface area contributed by atoms with E-state index in [1.165, 1.54) is 6.20 Å². The van der Waals surface area contributed by atoms with Crippen LogP contribution in [0.1, 0.15) is 16.1 Å². The highest BCUT2D eigenvalue weighted by atomic mass is 35.5. The lowest BCUT2D eigenvalue weighted by Crippen LogP contribution is -1.98. The average molecular weight is 172 g/mol. The van der Waals surface area contributed by atoms with Crippen LogP contribution < -0.4 is 0 Å². The van der Waals surface area contributed by atoms with Crippen LogP contribution in [0, 0.1) is 6.92 Å². The molecule has 1 aromatic rings. The average Bonchev–Trinajstić information content (AvgIpc) is 2.05. The molecule has 0 radical (unpaired) electrons. The van der Waals surface area contributed by atoms with Gasteiger partial charge in [0.05, 0.1) is 5.56 Å². The second-order valence-corrected chi connectivity index (χ2v) is 2.21. The van der Waals surface area contributed by atoms with Gasteiger partial charge in [-0.15, -0.1) is 0 Å². The third-order valence-electron chi connectivity index (χ3n) is 1.22. The van der Waals surface area contributed by atoms with E-state index >= 15 is 0 Å². The molecule has 0 atom stereocenters. The molecule has 0 aliphatic rings. The second-order valence-electron chi connectivity index (χ2n) is 2.05. The molecule has 0 aliphatic heterocycles. The topological polar surface area (TPSA) is 39.2 Å². The van der Waals surface area contributed by atoms with Gasteiger partial charge in [0.15, 0.2) is 0 Å². The molecular formula is C7H6ClNO2. The minimum atomic E-state index is -0.584. The largest absolute Gasteiger partial charge is 0.357 e. The minimum absolute atomic E-state index is 0.352. The Kier molecular flexibility index (Phi) is 2.44. The predicted molar refractivity (Wildman–Crippen MR) is 40.2 cm³/mol. The Morgan fingerprint density at radius 1 is 1.64 bits per heavy atom. The number of rotatable bonds is 1. The first kappa shape index (κ1) is 8.01. The van der Waals surface area contributed by atoms with Crippen molar-refractivity contribution < 1.29 is 9.08 Å². The van der Waals surface area contributed by atoms with Crippen LogP contribution in [0.3, 0.4) is 0 Å². The number of aryl methyl sites for hydroxylation is 1. The van der Waals surface area contributed by atoms with Crippen LogP contribution in [0.25, 0.3) is 0 Å². The van der Waals surface area contributed by atoms with Crippen LogP contribution in [0.5, 0.6) is 0 Å². The van der Waals surface area contributed by atoms with Crippen LogP contribution >= 0.6 is 11.9 Å². The molecule has 0 spiro atoms. The van der Waals surface area contributed by atoms with Gasteiger partial charge in [-0.25, -0.2) is 4.79 Å². The van der Waals surface area contributed by atoms with Crippen molar-refractivity contribution >= 4 is 17.8 Å². The number of nitrogens with zero attached hydrogens (tertiary/aromatic N) is 1. The zero-order chi connectivity index (χ0) is 8.27. The maximum Gasteiger partial charge on any atom is 0.357 e. The van der Waals surface area contributed by atoms with Crippen molar-refractivity contribution in [2.24, 2.45) is 0 Å². The summed E-state index contributed by atoms with van der Waals surface area (Å²) >= 11 is 4.85. The molecule has 0 unspecified atom stereocenters. The van der Waals surface area contributed by atoms with E-state index in [-0.39, 0.29) is 0 Å². The Morgan fingerprint density at radius 2 is 2.36 bits per heavy atom. The highest BCUT2D eigenvalue weighted by Crippen LogP contribution is 2.02. The van der Waals surface area contributed by atoms with Gasteiger partial charge >= 0.3 is 5.97 Å². The number of carbonyl (C=O) groups excluding carboxylic acids is 1. The lowest BCUT2D eigenvalue weighted by molar-refractivity contribution is 0.0751. The minimum Gasteiger partial charge on any atom is -0.343 e. The molecule has 0 amide bonds. The van der Waals surface area contributed by atoms with E-state index in [9.17, 15) is 4.79 Å². The van der Waals surface area contributed by atoms with Crippen LogP contribution in [-0.4, -0.2) is 11.0 Å². The van der Waals surface area contributed by atoms with Crippen molar-refractivity contribution in [1.82, 2.24) is 4.98 Å². The Bertz CT molecular complexity index is 258. The quantitative estimate of drug-likeness (QED) is 0.646. The molecule has 1 heterocycles. The fourth-order valence-corrected chi connectivity index (χ4v) is 0.722. The maximum absolute atomic E-state index is 10.7. The number of hydrogen-bond acceptors (Lipinski definition) is 3. The Balaban J connectivity index is 2.90. The predicted octanol–water partition coefficient (Wildman–Crippen LogP) is 1.70. The number of aromatic nitrogens is 1. The summed E-state index contributed by atoms with van der Waals surface area (Å²) in [7, 11) is 0. The molecule has 0 N–H and O–H groups in total. The molecule has 3 nitrogen and oxygen atoms in total. The van der Waals surface area contributed by atoms with Gasteiger partial charge in [-0.3, -0.25) is 4.98 Å². The summed E-state index contributed by atoms with van der Waals surface area (Å²) in [4.78, 5) is 14.6. The summed E-state index contributed by atoms with van der Waals surface area (Å²) < 4.78 is 3.97. The molecule has 0 saturated heterocycles. The maximum atomic E-state index is 10.7. The number of halogens is 1. The Morgan fingerprint density at radius 3 is 2.82 bits per heavy atom. The monoisotopic (exact) mass is 171 g/mol. The summed E-state index contributed by atoms with van der Waals surface area (Å²) in [5, 5.41) is 0. The first-order valence-electron chi connectivity index (χ1n) is 2.99. The van der Waals surface area contributed by atoms with Crippen molar-refractivity contribution in [3.8, 4) is 0 Å². The molecule has 1 rings (SSSR count). The van der Waals surface area contributed by atoms with Crippen LogP contribution in [0.15, 0.2) is 18.3 Å². The van der Waals surface area contributed by atoms with E-state index in [2.05, 4.69) is 9.27 Å². The van der Waals surface area contributed by atoms with Crippen molar-refractivity contribution in [3.05, 3.63) is 29.6 Å². The lowest BCUT2D eigenvalue weighted by Gasteiger charge is -1.94. The standard InChI is InChI=1S/C7H6ClNO2/c1-5-2-3-6(4-9-5)7(10)11-8/h2-4H,1H3. The van der Waals surface area contributed by atoms with E-state index in [1.54, 1.807) is 12.1 Å². The van der Waals surface area contributed by atoms with E-state index in [1.807, 2.05) is 6.92 Å². The van der Waals surface area contributed by atoms with Gasteiger partial charge in [-0.1, -0.05) is 0 Å². The third kappa shape index (κ3) is 1.91. The molecule has 4 heteroatoms. The summed E-state index contributed by atoms with van der Waals surface area (Å²) in [6.45, 7) is 1.83. The van der Waals surface area contributed by atoms with Crippen molar-refractivity contribution in [1.29, 1.82) is 0 Å². The normalized spacial score (nSPS) is 9.27. The Labute approximate surface area is 69.1 Å². The smallest absolute Gasteiger partial charge is 0.343 e. The number of hydrogen-bond donors (Lipinski definition) is 0. The second kappa shape index (κ2) is 3.34. The number of carbonyl (C=O) groups is 1. The van der Waals surface area contributed by atoms with E-state index in [4.69, 9.17) is 11.9 Å². The SMILES string of the molecule is Cc1ccc(C(=O)OCl)cn1. The fourth-order valence-electron chi connectivity index (χ4n) is 0.633. The summed E-state index contributed by atoms with van der Waals surface area (Å²) in [6.07, 6.45) is 1.42. The Hall–Kier alpha value is -1.09. The van der Waals surface area contributed by atoms with Crippen LogP contribution in [0.2, 0.25) is 0 Å². The fraction of sp³-hybridized carbons (Fsp3) is 0.143. The first-order chi connectivity index (χ1) is 5.24. The third-order valence-corrected chi connectivity index (χ3v) is 1.36. The van der Waals surface area contributed by atoms with Crippen molar-refractivity contribution in [2.75, 3.05) is 0 Å². The molecule has 0 aromatic carbocycles. The van der Waals surface area contributed by atoms with E-state index < -0.39 is 5.97 Å². The van der Waals surface area contributed by atoms with Crippen LogP contribution in [0.4, 0.5) is 0 Å². The molecular weight excluding hydrogens is 166 g/mol. The molecule has 0 fully saturated rings. The molecule has 0 saturated carbocycles. The van der Waals surface area contributed by atoms with Gasteiger partial charge in [-0.2, -0.15) is 0 Å². The molecule has 1 aromatic heterocycles. The zero-order valence-corrected chi connectivity index (χ0v) is 6.63. The van der Waals surface area contributed by atoms with Crippen molar-refractivity contribution in [3.63, 3.8) is 0 Å². The molecule has 11 heavy (non-hydrogen) atoms. The van der Waals surface area contributed by atoms with Crippen molar-refractivity contribution in [2.45, 2.75) is 6.92 Å². The zero-order valence-electron chi connectivity index (χ0n) is 5.87. The molecule has 58 valence electrons. The van der Waals surface area contributed by atoms with Gasteiger partial charge < -0.3 is 4.29 Å². The summed E-state index contributed by atoms with van der Waals surface area (Å²) in [6, 6.07) is 3.32. The molecule has 0 bridgehead atoms. The van der Waals surface area contributed by atoms with Crippen LogP contribution in [-0.2, 0) is 4.29 Å². The number of pyridine rings is 1. The van der Waals surface area contributed by atoms with Gasteiger partial charge in [-0.05, 0) is 19.1 Å². The van der Waals surface area contributed by atoms with E-state index in [0.717, 1.165) is 5.69 Å². The summed E-state index contributed by atoms with van der Waals surface area (Å²) in [5.41, 5.74) is 1.20. The highest BCUT2D eigenvalue weighted by molar-refractivity contribution is 6.15. The highest BCUT2D eigenvalue weighted by Gasteiger charge is 2.04. The first-order valence-corrected chi connectivity index (χ1v) is 3.30. The van der Waals surface area contributed by atoms with Gasteiger partial charge in [0.1, 0.15) is 11.9 Å². The lowest BCUT2D eigenvalue weighted by atomic mass is 10.3. The van der Waals surface area contributed by atoms with Gasteiger partial charge in [0.25, 0.3) is 0 Å². The van der Waals surface area contributed by atoms with Gasteiger partial charge in [0, 0.05) is 11.9 Å². The van der Waals surface area contributed by atoms with Gasteiger partial charge in [0.2, 0.25) is 0 Å². The molecule has 0 aliphatic carbocycles. The van der Waals surface area contributed by atoms with E-state index in [0.29, 0.717) is 5.56 Å². The summed E-state index contributed by atoms with van der Waals surface area (Å²) in [5.74, 6) is -0.584.